The predicted molar refractivity (Wildman–Crippen MR) is 98.1 cm³/mol. The Morgan fingerprint density at radius 3 is 1.58 bits per heavy atom. The molecule has 2 aliphatic heterocycles. The maximum Gasteiger partial charge on any atom is 0.252 e. The first-order chi connectivity index (χ1) is 12.7. The number of benzene rings is 4. The van der Waals surface area contributed by atoms with Gasteiger partial charge in [0, 0.05) is 11.1 Å². The maximum absolute atomic E-state index is 10.0. The van der Waals surface area contributed by atoms with E-state index in [0.29, 0.717) is 0 Å². The summed E-state index contributed by atoms with van der Waals surface area (Å²) in [6.45, 7) is 0. The minimum atomic E-state index is -0.430. The molecule has 0 spiro atoms. The highest BCUT2D eigenvalue weighted by molar-refractivity contribution is 5.95. The molecule has 126 valence electrons. The van der Waals surface area contributed by atoms with Crippen molar-refractivity contribution in [3.05, 3.63) is 71.8 Å². The molecule has 0 unspecified atom stereocenters. The molecule has 4 heteroatoms. The van der Waals surface area contributed by atoms with Gasteiger partial charge in [0.15, 0.2) is 0 Å². The number of rotatable bonds is 0. The molecule has 0 amide bonds. The van der Waals surface area contributed by atoms with E-state index in [4.69, 9.17) is 9.47 Å². The van der Waals surface area contributed by atoms with E-state index in [1.54, 1.807) is 24.3 Å². The Morgan fingerprint density at radius 1 is 0.615 bits per heavy atom. The lowest BCUT2D eigenvalue weighted by atomic mass is 9.86. The van der Waals surface area contributed by atoms with Crippen LogP contribution in [0, 0.1) is 0 Å². The fraction of sp³-hybridized carbons (Fsp3) is 0.0909. The van der Waals surface area contributed by atoms with Crippen LogP contribution in [0.1, 0.15) is 17.0 Å². The molecule has 26 heavy (non-hydrogen) atoms. The van der Waals surface area contributed by atoms with Crippen molar-refractivity contribution in [1.29, 1.82) is 0 Å². The summed E-state index contributed by atoms with van der Waals surface area (Å²) < 4.78 is 12.1. The fourth-order valence-corrected chi connectivity index (χ4v) is 4.30. The Bertz CT molecular complexity index is 1130. The molecule has 0 radical (unpaired) electrons. The Balaban J connectivity index is 1.70. The van der Waals surface area contributed by atoms with Crippen LogP contribution in [0.5, 0.6) is 23.0 Å². The molecular formula is C22H14O4. The van der Waals surface area contributed by atoms with Crippen LogP contribution >= 0.6 is 0 Å². The molecule has 2 aliphatic rings. The minimum absolute atomic E-state index is 0.101. The summed E-state index contributed by atoms with van der Waals surface area (Å²) in [5.74, 6) is 1.91. The van der Waals surface area contributed by atoms with Crippen LogP contribution in [-0.4, -0.2) is 16.5 Å². The molecule has 4 aromatic carbocycles. The largest absolute Gasteiger partial charge is 0.508 e. The van der Waals surface area contributed by atoms with E-state index in [2.05, 4.69) is 0 Å². The van der Waals surface area contributed by atoms with Gasteiger partial charge in [-0.25, -0.2) is 0 Å². The Hall–Kier alpha value is -3.40. The number of phenolic OH excluding ortho intramolecular Hbond substituents is 2. The van der Waals surface area contributed by atoms with Gasteiger partial charge in [0.1, 0.15) is 23.0 Å². The normalized spacial score (nSPS) is 19.7. The van der Waals surface area contributed by atoms with Crippen molar-refractivity contribution in [1.82, 2.24) is 0 Å². The van der Waals surface area contributed by atoms with Crippen LogP contribution in [0.4, 0.5) is 0 Å². The van der Waals surface area contributed by atoms with Crippen molar-refractivity contribution in [2.75, 3.05) is 0 Å². The van der Waals surface area contributed by atoms with E-state index in [1.165, 1.54) is 0 Å². The van der Waals surface area contributed by atoms with Crippen molar-refractivity contribution in [3.63, 3.8) is 0 Å². The second-order valence-corrected chi connectivity index (χ2v) is 6.85. The molecule has 0 saturated carbocycles. The third-order valence-corrected chi connectivity index (χ3v) is 5.39. The average molecular weight is 342 g/mol. The number of aromatic hydroxyl groups is 2. The Kier molecular flexibility index (Phi) is 2.45. The molecule has 6 rings (SSSR count). The van der Waals surface area contributed by atoms with Gasteiger partial charge >= 0.3 is 0 Å². The zero-order chi connectivity index (χ0) is 17.4. The predicted octanol–water partition coefficient (Wildman–Crippen LogP) is 4.65. The highest BCUT2D eigenvalue weighted by Gasteiger charge is 2.45. The van der Waals surface area contributed by atoms with Gasteiger partial charge in [-0.2, -0.15) is 0 Å². The third kappa shape index (κ3) is 1.68. The zero-order valence-corrected chi connectivity index (χ0v) is 13.6. The monoisotopic (exact) mass is 342 g/mol. The molecule has 0 saturated heterocycles. The molecule has 2 N–H and O–H groups in total. The second kappa shape index (κ2) is 4.61. The second-order valence-electron chi connectivity index (χ2n) is 6.85. The van der Waals surface area contributed by atoms with Crippen molar-refractivity contribution >= 4 is 21.5 Å². The van der Waals surface area contributed by atoms with Gasteiger partial charge in [0.2, 0.25) is 0 Å². The Labute approximate surface area is 148 Å². The summed E-state index contributed by atoms with van der Waals surface area (Å²) in [6, 6.07) is 18.6. The summed E-state index contributed by atoms with van der Waals surface area (Å²) >= 11 is 0. The highest BCUT2D eigenvalue weighted by Crippen LogP contribution is 2.54. The first kappa shape index (κ1) is 13.8. The number of hydrogen-bond acceptors (Lipinski definition) is 4. The van der Waals surface area contributed by atoms with Crippen molar-refractivity contribution in [2.45, 2.75) is 12.2 Å². The fourth-order valence-electron chi connectivity index (χ4n) is 4.30. The SMILES string of the molecule is Oc1ccc2ccc3c(c2c1)C1c2c(ccc4ccc(O)cc24)OC1O3. The molecular weight excluding hydrogens is 328 g/mol. The molecule has 2 heterocycles. The lowest BCUT2D eigenvalue weighted by Gasteiger charge is -2.12. The van der Waals surface area contributed by atoms with Gasteiger partial charge in [-0.05, 0) is 57.9 Å². The summed E-state index contributed by atoms with van der Waals surface area (Å²) in [6.07, 6.45) is -0.430. The molecule has 0 bridgehead atoms. The number of hydrogen-bond donors (Lipinski definition) is 2. The van der Waals surface area contributed by atoms with Crippen LogP contribution in [-0.2, 0) is 0 Å². The van der Waals surface area contributed by atoms with E-state index in [9.17, 15) is 10.2 Å². The number of phenols is 2. The van der Waals surface area contributed by atoms with Gasteiger partial charge in [-0.1, -0.05) is 24.3 Å². The van der Waals surface area contributed by atoms with E-state index in [0.717, 1.165) is 44.2 Å². The topological polar surface area (TPSA) is 58.9 Å². The van der Waals surface area contributed by atoms with Crippen molar-refractivity contribution < 1.29 is 19.7 Å². The van der Waals surface area contributed by atoms with Gasteiger partial charge in [0.25, 0.3) is 6.29 Å². The quantitative estimate of drug-likeness (QED) is 0.488. The molecule has 0 aromatic heterocycles. The molecule has 0 aliphatic carbocycles. The van der Waals surface area contributed by atoms with E-state index >= 15 is 0 Å². The zero-order valence-electron chi connectivity index (χ0n) is 13.6. The number of fused-ring (bicyclic) bond motifs is 9. The Morgan fingerprint density at radius 2 is 1.08 bits per heavy atom. The number of ether oxygens (including phenoxy) is 2. The maximum atomic E-state index is 10.0. The molecule has 4 aromatic rings. The van der Waals surface area contributed by atoms with Gasteiger partial charge in [-0.15, -0.1) is 0 Å². The minimum Gasteiger partial charge on any atom is -0.508 e. The van der Waals surface area contributed by atoms with Crippen LogP contribution in [0.3, 0.4) is 0 Å². The summed E-state index contributed by atoms with van der Waals surface area (Å²) in [5.41, 5.74) is 2.05. The lowest BCUT2D eigenvalue weighted by molar-refractivity contribution is 0.0330. The van der Waals surface area contributed by atoms with E-state index in [-0.39, 0.29) is 17.4 Å². The molecule has 0 atom stereocenters. The van der Waals surface area contributed by atoms with Gasteiger partial charge in [-0.3, -0.25) is 0 Å². The van der Waals surface area contributed by atoms with Crippen molar-refractivity contribution in [2.24, 2.45) is 0 Å². The van der Waals surface area contributed by atoms with E-state index in [1.807, 2.05) is 36.4 Å². The van der Waals surface area contributed by atoms with Crippen LogP contribution in [0.2, 0.25) is 0 Å². The van der Waals surface area contributed by atoms with Crippen molar-refractivity contribution in [3.8, 4) is 23.0 Å². The lowest BCUT2D eigenvalue weighted by Crippen LogP contribution is -2.19. The van der Waals surface area contributed by atoms with Crippen LogP contribution in [0.15, 0.2) is 60.7 Å². The highest BCUT2D eigenvalue weighted by atomic mass is 16.7. The smallest absolute Gasteiger partial charge is 0.252 e. The first-order valence-corrected chi connectivity index (χ1v) is 8.53. The summed E-state index contributed by atoms with van der Waals surface area (Å²) in [4.78, 5) is 0. The van der Waals surface area contributed by atoms with Crippen LogP contribution < -0.4 is 9.47 Å². The third-order valence-electron chi connectivity index (χ3n) is 5.39. The standard InChI is InChI=1S/C22H14O4/c23-13-5-1-11-3-7-17-19(15(11)9-13)21-20-16-10-14(24)6-2-12(16)4-8-18(20)26-22(21)25-17/h1-10,21-24H. The van der Waals surface area contributed by atoms with Crippen LogP contribution in [0.25, 0.3) is 21.5 Å². The summed E-state index contributed by atoms with van der Waals surface area (Å²) in [7, 11) is 0. The summed E-state index contributed by atoms with van der Waals surface area (Å²) in [5, 5.41) is 24.0. The molecule has 0 fully saturated rings. The van der Waals surface area contributed by atoms with Gasteiger partial charge in [0.05, 0.1) is 5.92 Å². The molecule has 4 nitrogen and oxygen atoms in total. The van der Waals surface area contributed by atoms with Gasteiger partial charge < -0.3 is 19.7 Å². The van der Waals surface area contributed by atoms with E-state index < -0.39 is 6.29 Å². The first-order valence-electron chi connectivity index (χ1n) is 8.53. The average Bonchev–Trinajstić information content (AvgIpc) is 3.16.